The number of aromatic nitrogens is 3. The van der Waals surface area contributed by atoms with Crippen LogP contribution in [0.3, 0.4) is 0 Å². The zero-order valence-corrected chi connectivity index (χ0v) is 22.5. The molecule has 0 radical (unpaired) electrons. The first-order chi connectivity index (χ1) is 18.3. The van der Waals surface area contributed by atoms with Gasteiger partial charge in [0.05, 0.1) is 12.2 Å². The van der Waals surface area contributed by atoms with Crippen LogP contribution in [0.25, 0.3) is 0 Å². The summed E-state index contributed by atoms with van der Waals surface area (Å²) in [6.07, 6.45) is 2.19. The van der Waals surface area contributed by atoms with Gasteiger partial charge in [-0.1, -0.05) is 37.5 Å². The Kier molecular flexibility index (Phi) is 8.09. The first-order valence-corrected chi connectivity index (χ1v) is 13.7. The van der Waals surface area contributed by atoms with E-state index in [1.54, 1.807) is 10.7 Å². The first-order valence-electron chi connectivity index (χ1n) is 13.3. The monoisotopic (exact) mass is 545 g/mol. The van der Waals surface area contributed by atoms with Crippen molar-refractivity contribution in [3.63, 3.8) is 0 Å². The molecule has 1 saturated carbocycles. The fourth-order valence-electron chi connectivity index (χ4n) is 5.39. The highest BCUT2D eigenvalue weighted by atomic mass is 32.1. The largest absolute Gasteiger partial charge is 0.486 e. The standard InChI is InChI=1S/C28H34F3N5OS/c1-33-26(19-37-25-12-10-22(11-13-25)21-6-3-2-4-7-21)32-36(27(33)38)20-34-14-16-35(17-15-34)24-9-5-8-23(18-24)28(29,30)31/h5,8-13,18,21H,2-4,6-7,14-17,19-20H2,1H3. The van der Waals surface area contributed by atoms with Gasteiger partial charge in [0, 0.05) is 38.9 Å². The van der Waals surface area contributed by atoms with Crippen LogP contribution in [-0.2, 0) is 26.5 Å². The number of piperazine rings is 1. The molecule has 3 aromatic rings. The summed E-state index contributed by atoms with van der Waals surface area (Å²) < 4.78 is 49.6. The summed E-state index contributed by atoms with van der Waals surface area (Å²) in [6.45, 7) is 3.52. The van der Waals surface area contributed by atoms with Gasteiger partial charge in [0.1, 0.15) is 12.4 Å². The summed E-state index contributed by atoms with van der Waals surface area (Å²) >= 11 is 5.62. The third-order valence-electron chi connectivity index (χ3n) is 7.70. The fourth-order valence-corrected chi connectivity index (χ4v) is 5.59. The Morgan fingerprint density at radius 3 is 2.37 bits per heavy atom. The number of hydrogen-bond donors (Lipinski definition) is 0. The van der Waals surface area contributed by atoms with E-state index in [0.717, 1.165) is 17.6 Å². The minimum Gasteiger partial charge on any atom is -0.486 e. The van der Waals surface area contributed by atoms with Gasteiger partial charge in [-0.15, -0.1) is 0 Å². The fraction of sp³-hybridized carbons (Fsp3) is 0.500. The highest BCUT2D eigenvalue weighted by molar-refractivity contribution is 7.71. The van der Waals surface area contributed by atoms with Crippen LogP contribution >= 0.6 is 12.2 Å². The molecule has 38 heavy (non-hydrogen) atoms. The molecule has 2 aromatic carbocycles. The smallest absolute Gasteiger partial charge is 0.416 e. The minimum absolute atomic E-state index is 0.319. The molecule has 6 nitrogen and oxygen atoms in total. The summed E-state index contributed by atoms with van der Waals surface area (Å²) in [5, 5.41) is 4.70. The predicted octanol–water partition coefficient (Wildman–Crippen LogP) is 6.38. The van der Waals surface area contributed by atoms with Crippen LogP contribution in [0, 0.1) is 4.77 Å². The van der Waals surface area contributed by atoms with Crippen molar-refractivity contribution in [2.24, 2.45) is 7.05 Å². The Balaban J connectivity index is 1.15. The molecule has 204 valence electrons. The number of ether oxygens (including phenoxy) is 1. The summed E-state index contributed by atoms with van der Waals surface area (Å²) in [5.74, 6) is 2.23. The lowest BCUT2D eigenvalue weighted by Gasteiger charge is -2.36. The van der Waals surface area contributed by atoms with E-state index in [1.165, 1.54) is 49.8 Å². The lowest BCUT2D eigenvalue weighted by molar-refractivity contribution is -0.137. The van der Waals surface area contributed by atoms with Crippen LogP contribution in [0.2, 0.25) is 0 Å². The topological polar surface area (TPSA) is 38.5 Å². The average Bonchev–Trinajstić information content (AvgIpc) is 3.20. The van der Waals surface area contributed by atoms with Crippen molar-refractivity contribution in [2.75, 3.05) is 31.1 Å². The van der Waals surface area contributed by atoms with E-state index in [4.69, 9.17) is 22.1 Å². The van der Waals surface area contributed by atoms with E-state index < -0.39 is 11.7 Å². The van der Waals surface area contributed by atoms with Crippen molar-refractivity contribution in [3.05, 3.63) is 70.3 Å². The number of nitrogens with zero attached hydrogens (tertiary/aromatic N) is 5. The molecule has 0 spiro atoms. The number of alkyl halides is 3. The van der Waals surface area contributed by atoms with Gasteiger partial charge >= 0.3 is 6.18 Å². The van der Waals surface area contributed by atoms with Gasteiger partial charge in [0.25, 0.3) is 0 Å². The van der Waals surface area contributed by atoms with Gasteiger partial charge in [0.2, 0.25) is 0 Å². The first kappa shape index (κ1) is 26.7. The third kappa shape index (κ3) is 6.23. The highest BCUT2D eigenvalue weighted by Crippen LogP contribution is 2.34. The van der Waals surface area contributed by atoms with E-state index in [2.05, 4.69) is 17.0 Å². The van der Waals surface area contributed by atoms with Gasteiger partial charge in [0.15, 0.2) is 10.6 Å². The number of hydrogen-bond acceptors (Lipinski definition) is 5. The van der Waals surface area contributed by atoms with E-state index in [-0.39, 0.29) is 0 Å². The second kappa shape index (κ2) is 11.5. The maximum absolute atomic E-state index is 13.1. The van der Waals surface area contributed by atoms with Gasteiger partial charge in [-0.25, -0.2) is 4.68 Å². The quantitative estimate of drug-likeness (QED) is 0.322. The van der Waals surface area contributed by atoms with Crippen molar-refractivity contribution < 1.29 is 17.9 Å². The van der Waals surface area contributed by atoms with E-state index in [9.17, 15) is 13.2 Å². The normalized spacial score (nSPS) is 17.6. The lowest BCUT2D eigenvalue weighted by atomic mass is 9.84. The van der Waals surface area contributed by atoms with Gasteiger partial charge in [-0.2, -0.15) is 18.3 Å². The Morgan fingerprint density at radius 1 is 0.974 bits per heavy atom. The SMILES string of the molecule is Cn1c(COc2ccc(C3CCCCC3)cc2)nn(CN2CCN(c3cccc(C(F)(F)F)c3)CC2)c1=S. The lowest BCUT2D eigenvalue weighted by Crippen LogP contribution is -2.47. The molecule has 10 heteroatoms. The van der Waals surface area contributed by atoms with Crippen LogP contribution in [0.5, 0.6) is 5.75 Å². The second-order valence-corrected chi connectivity index (χ2v) is 10.6. The van der Waals surface area contributed by atoms with Crippen molar-refractivity contribution in [1.82, 2.24) is 19.2 Å². The molecule has 1 aliphatic carbocycles. The van der Waals surface area contributed by atoms with Crippen molar-refractivity contribution in [1.29, 1.82) is 0 Å². The molecule has 2 aliphatic rings. The van der Waals surface area contributed by atoms with Crippen LogP contribution in [-0.4, -0.2) is 45.4 Å². The zero-order chi connectivity index (χ0) is 26.7. The van der Waals surface area contributed by atoms with Crippen molar-refractivity contribution >= 4 is 17.9 Å². The molecule has 0 amide bonds. The van der Waals surface area contributed by atoms with E-state index >= 15 is 0 Å². The zero-order valence-electron chi connectivity index (χ0n) is 21.7. The number of anilines is 1. The Morgan fingerprint density at radius 2 is 1.68 bits per heavy atom. The van der Waals surface area contributed by atoms with Gasteiger partial charge < -0.3 is 14.2 Å². The van der Waals surface area contributed by atoms with Gasteiger partial charge in [-0.05, 0) is 66.9 Å². The maximum Gasteiger partial charge on any atom is 0.416 e. The molecule has 0 bridgehead atoms. The molecule has 5 rings (SSSR count). The Labute approximate surface area is 226 Å². The van der Waals surface area contributed by atoms with Crippen molar-refractivity contribution in [2.45, 2.75) is 57.5 Å². The maximum atomic E-state index is 13.1. The molecular weight excluding hydrogens is 511 g/mol. The summed E-state index contributed by atoms with van der Waals surface area (Å²) in [5.41, 5.74) is 1.38. The molecule has 2 fully saturated rings. The average molecular weight is 546 g/mol. The van der Waals surface area contributed by atoms with Gasteiger partial charge in [-0.3, -0.25) is 4.90 Å². The number of rotatable bonds is 7. The summed E-state index contributed by atoms with van der Waals surface area (Å²) in [6, 6.07) is 14.0. The molecule has 1 aliphatic heterocycles. The third-order valence-corrected chi connectivity index (χ3v) is 8.19. The molecule has 2 heterocycles. The molecule has 1 saturated heterocycles. The Hall–Kier alpha value is -2.85. The second-order valence-electron chi connectivity index (χ2n) is 10.2. The van der Waals surface area contributed by atoms with Crippen LogP contribution in [0.4, 0.5) is 18.9 Å². The summed E-state index contributed by atoms with van der Waals surface area (Å²) in [4.78, 5) is 4.20. The van der Waals surface area contributed by atoms with E-state index in [1.807, 2.05) is 28.6 Å². The van der Waals surface area contributed by atoms with Crippen LogP contribution in [0.1, 0.15) is 55.0 Å². The van der Waals surface area contributed by atoms with Crippen molar-refractivity contribution in [3.8, 4) is 5.75 Å². The summed E-state index contributed by atoms with van der Waals surface area (Å²) in [7, 11) is 1.89. The molecule has 0 atom stereocenters. The Bertz CT molecular complexity index is 1270. The highest BCUT2D eigenvalue weighted by Gasteiger charge is 2.31. The van der Waals surface area contributed by atoms with E-state index in [0.29, 0.717) is 55.8 Å². The minimum atomic E-state index is -4.34. The molecule has 0 unspecified atom stereocenters. The number of benzene rings is 2. The molecular formula is C28H34F3N5OS. The molecule has 0 N–H and O–H groups in total. The number of halogens is 3. The van der Waals surface area contributed by atoms with Crippen LogP contribution < -0.4 is 9.64 Å². The molecule has 1 aromatic heterocycles. The predicted molar refractivity (Wildman–Crippen MR) is 144 cm³/mol. The van der Waals surface area contributed by atoms with Crippen LogP contribution in [0.15, 0.2) is 48.5 Å².